The number of halogens is 1. The number of carbonyl (C=O) groups is 1. The average Bonchev–Trinajstić information content (AvgIpc) is 3.07. The molecule has 0 unspecified atom stereocenters. The molecule has 1 aliphatic heterocycles. The number of hydrogen-bond acceptors (Lipinski definition) is 4. The molecule has 6 nitrogen and oxygen atoms in total. The molecule has 1 fully saturated rings. The first-order chi connectivity index (χ1) is 11.1. The fourth-order valence-corrected chi connectivity index (χ4v) is 3.02. The van der Waals surface area contributed by atoms with Crippen molar-refractivity contribution >= 4 is 17.5 Å². The number of amides is 1. The Hall–Kier alpha value is -1.79. The zero-order chi connectivity index (χ0) is 16.2. The predicted octanol–water partition coefficient (Wildman–Crippen LogP) is 2.06. The van der Waals surface area contributed by atoms with Gasteiger partial charge >= 0.3 is 0 Å². The van der Waals surface area contributed by atoms with Crippen LogP contribution in [0.1, 0.15) is 22.8 Å². The summed E-state index contributed by atoms with van der Waals surface area (Å²) >= 11 is 5.75. The summed E-state index contributed by atoms with van der Waals surface area (Å²) in [6.07, 6.45) is 5.67. The van der Waals surface area contributed by atoms with Gasteiger partial charge in [-0.3, -0.25) is 4.79 Å². The molecule has 3 rings (SSSR count). The lowest BCUT2D eigenvalue weighted by Crippen LogP contribution is -2.35. The van der Waals surface area contributed by atoms with Crippen LogP contribution in [0.15, 0.2) is 28.9 Å². The highest BCUT2D eigenvalue weighted by Crippen LogP contribution is 2.16. The van der Waals surface area contributed by atoms with E-state index in [4.69, 9.17) is 16.0 Å². The maximum absolute atomic E-state index is 12.4. The Labute approximate surface area is 140 Å². The largest absolute Gasteiger partial charge is 0.440 e. The van der Waals surface area contributed by atoms with Gasteiger partial charge in [-0.05, 0) is 36.7 Å². The van der Waals surface area contributed by atoms with E-state index in [1.54, 1.807) is 12.1 Å². The molecular weight excluding hydrogens is 316 g/mol. The van der Waals surface area contributed by atoms with Gasteiger partial charge in [0.15, 0.2) is 11.0 Å². The lowest BCUT2D eigenvalue weighted by atomic mass is 10.3. The second-order valence-electron chi connectivity index (χ2n) is 5.80. The molecule has 0 N–H and O–H groups in total. The highest BCUT2D eigenvalue weighted by atomic mass is 35.5. The third-order valence-corrected chi connectivity index (χ3v) is 4.44. The van der Waals surface area contributed by atoms with Crippen molar-refractivity contribution in [2.75, 3.05) is 32.7 Å². The number of hydrogen-bond donors (Lipinski definition) is 0. The van der Waals surface area contributed by atoms with Crippen molar-refractivity contribution in [3.8, 4) is 0 Å². The van der Waals surface area contributed by atoms with Crippen LogP contribution in [0.3, 0.4) is 0 Å². The normalized spacial score (nSPS) is 16.5. The van der Waals surface area contributed by atoms with Crippen LogP contribution in [-0.2, 0) is 13.5 Å². The van der Waals surface area contributed by atoms with E-state index in [0.29, 0.717) is 12.3 Å². The first kappa shape index (κ1) is 16.1. The van der Waals surface area contributed by atoms with Crippen LogP contribution in [0, 0.1) is 0 Å². The highest BCUT2D eigenvalue weighted by molar-refractivity contribution is 6.29. The lowest BCUT2D eigenvalue weighted by molar-refractivity contribution is 0.0729. The summed E-state index contributed by atoms with van der Waals surface area (Å²) in [5.74, 6) is 1.33. The summed E-state index contributed by atoms with van der Waals surface area (Å²) in [6, 6.07) is 3.24. The van der Waals surface area contributed by atoms with Crippen LogP contribution < -0.4 is 0 Å². The Bertz CT molecular complexity index is 667. The molecule has 1 amide bonds. The molecule has 124 valence electrons. The molecule has 2 aromatic heterocycles. The molecule has 0 aliphatic carbocycles. The van der Waals surface area contributed by atoms with Gasteiger partial charge in [-0.15, -0.1) is 0 Å². The molecule has 2 aromatic rings. The second-order valence-corrected chi connectivity index (χ2v) is 6.17. The van der Waals surface area contributed by atoms with Gasteiger partial charge in [0.05, 0.1) is 0 Å². The molecule has 0 radical (unpaired) electrons. The fraction of sp³-hybridized carbons (Fsp3) is 0.500. The standard InChI is InChI=1S/C16H21ClN4O2/c1-19-10-6-18-15(19)5-9-20-7-2-8-21(12-11-20)16(22)13-3-4-14(17)23-13/h3-4,6,10H,2,5,7-9,11-12H2,1H3. The molecular formula is C16H21ClN4O2. The Morgan fingerprint density at radius 3 is 2.87 bits per heavy atom. The van der Waals surface area contributed by atoms with Crippen molar-refractivity contribution in [2.24, 2.45) is 7.05 Å². The summed E-state index contributed by atoms with van der Waals surface area (Å²) < 4.78 is 7.28. The third kappa shape index (κ3) is 3.95. The number of aryl methyl sites for hydroxylation is 1. The summed E-state index contributed by atoms with van der Waals surface area (Å²) in [4.78, 5) is 21.0. The minimum Gasteiger partial charge on any atom is -0.440 e. The molecule has 23 heavy (non-hydrogen) atoms. The zero-order valence-electron chi connectivity index (χ0n) is 13.2. The van der Waals surface area contributed by atoms with E-state index in [2.05, 4.69) is 9.88 Å². The zero-order valence-corrected chi connectivity index (χ0v) is 14.0. The van der Waals surface area contributed by atoms with Gasteiger partial charge in [-0.1, -0.05) is 0 Å². The quantitative estimate of drug-likeness (QED) is 0.857. The summed E-state index contributed by atoms with van der Waals surface area (Å²) in [6.45, 7) is 4.27. The van der Waals surface area contributed by atoms with Crippen molar-refractivity contribution in [1.82, 2.24) is 19.4 Å². The second kappa shape index (κ2) is 7.19. The summed E-state index contributed by atoms with van der Waals surface area (Å²) in [5, 5.41) is 0.250. The van der Waals surface area contributed by atoms with Gasteiger partial charge in [0.1, 0.15) is 5.82 Å². The molecule has 0 atom stereocenters. The maximum Gasteiger partial charge on any atom is 0.289 e. The number of aromatic nitrogens is 2. The number of rotatable bonds is 4. The minimum absolute atomic E-state index is 0.0807. The van der Waals surface area contributed by atoms with Gasteiger partial charge in [0.2, 0.25) is 0 Å². The SMILES string of the molecule is Cn1ccnc1CCN1CCCN(C(=O)c2ccc(Cl)o2)CC1. The molecule has 0 bridgehead atoms. The molecule has 7 heteroatoms. The Morgan fingerprint density at radius 2 is 2.17 bits per heavy atom. The van der Waals surface area contributed by atoms with Crippen molar-refractivity contribution < 1.29 is 9.21 Å². The first-order valence-electron chi connectivity index (χ1n) is 7.86. The van der Waals surface area contributed by atoms with Gasteiger partial charge in [-0.25, -0.2) is 4.98 Å². The van der Waals surface area contributed by atoms with Crippen LogP contribution in [0.5, 0.6) is 0 Å². The Kier molecular flexibility index (Phi) is 5.03. The van der Waals surface area contributed by atoms with E-state index in [1.807, 2.05) is 28.9 Å². The molecule has 1 aliphatic rings. The fourth-order valence-electron chi connectivity index (χ4n) is 2.88. The van der Waals surface area contributed by atoms with E-state index in [1.165, 1.54) is 0 Å². The summed E-state index contributed by atoms with van der Waals surface area (Å²) in [7, 11) is 2.01. The number of carbonyl (C=O) groups excluding carboxylic acids is 1. The first-order valence-corrected chi connectivity index (χ1v) is 8.24. The van der Waals surface area contributed by atoms with Crippen LogP contribution in [0.4, 0.5) is 0 Å². The van der Waals surface area contributed by atoms with Crippen molar-refractivity contribution in [1.29, 1.82) is 0 Å². The molecule has 1 saturated heterocycles. The number of nitrogens with zero attached hydrogens (tertiary/aromatic N) is 4. The van der Waals surface area contributed by atoms with E-state index in [9.17, 15) is 4.79 Å². The van der Waals surface area contributed by atoms with Crippen LogP contribution in [-0.4, -0.2) is 58.0 Å². The predicted molar refractivity (Wildman–Crippen MR) is 87.6 cm³/mol. The summed E-state index contributed by atoms with van der Waals surface area (Å²) in [5.41, 5.74) is 0. The van der Waals surface area contributed by atoms with Crippen molar-refractivity contribution in [3.05, 3.63) is 41.3 Å². The average molecular weight is 337 g/mol. The van der Waals surface area contributed by atoms with E-state index in [-0.39, 0.29) is 11.1 Å². The van der Waals surface area contributed by atoms with E-state index < -0.39 is 0 Å². The van der Waals surface area contributed by atoms with Gasteiger partial charge < -0.3 is 18.8 Å². The van der Waals surface area contributed by atoms with Gasteiger partial charge in [0.25, 0.3) is 5.91 Å². The van der Waals surface area contributed by atoms with Gasteiger partial charge in [-0.2, -0.15) is 0 Å². The smallest absolute Gasteiger partial charge is 0.289 e. The van der Waals surface area contributed by atoms with Crippen LogP contribution >= 0.6 is 11.6 Å². The highest BCUT2D eigenvalue weighted by Gasteiger charge is 2.22. The lowest BCUT2D eigenvalue weighted by Gasteiger charge is -2.21. The Balaban J connectivity index is 1.53. The number of furan rings is 1. The maximum atomic E-state index is 12.4. The monoisotopic (exact) mass is 336 g/mol. The topological polar surface area (TPSA) is 54.5 Å². The number of imidazole rings is 1. The van der Waals surface area contributed by atoms with Crippen molar-refractivity contribution in [3.63, 3.8) is 0 Å². The van der Waals surface area contributed by atoms with Gasteiger partial charge in [0, 0.05) is 52.0 Å². The molecule has 3 heterocycles. The molecule has 0 saturated carbocycles. The molecule has 0 aromatic carbocycles. The van der Waals surface area contributed by atoms with E-state index >= 15 is 0 Å². The van der Waals surface area contributed by atoms with Crippen LogP contribution in [0.25, 0.3) is 0 Å². The van der Waals surface area contributed by atoms with Crippen molar-refractivity contribution in [2.45, 2.75) is 12.8 Å². The Morgan fingerprint density at radius 1 is 1.30 bits per heavy atom. The minimum atomic E-state index is -0.0807. The van der Waals surface area contributed by atoms with Crippen LogP contribution in [0.2, 0.25) is 5.22 Å². The third-order valence-electron chi connectivity index (χ3n) is 4.23. The molecule has 0 spiro atoms. The van der Waals surface area contributed by atoms with E-state index in [0.717, 1.165) is 44.8 Å².